The highest BCUT2D eigenvalue weighted by Gasteiger charge is 2.40. The number of esters is 1. The van der Waals surface area contributed by atoms with Gasteiger partial charge in [0, 0.05) is 51.3 Å². The van der Waals surface area contributed by atoms with Crippen molar-refractivity contribution in [3.05, 3.63) is 23.9 Å². The number of amides is 1. The van der Waals surface area contributed by atoms with E-state index in [-0.39, 0.29) is 23.7 Å². The first kappa shape index (κ1) is 22.0. The minimum Gasteiger partial charge on any atom is -0.462 e. The quantitative estimate of drug-likeness (QED) is 0.670. The third-order valence-corrected chi connectivity index (χ3v) is 6.25. The normalized spacial score (nSPS) is 21.9. The van der Waals surface area contributed by atoms with E-state index in [9.17, 15) is 9.59 Å². The Morgan fingerprint density at radius 2 is 1.87 bits per heavy atom. The van der Waals surface area contributed by atoms with Crippen molar-refractivity contribution in [1.29, 1.82) is 0 Å². The van der Waals surface area contributed by atoms with Crippen LogP contribution in [0.1, 0.15) is 43.0 Å². The standard InChI is InChI=1S/C22H32N4O5/c1-2-29-21(28)17-3-4-19(23-15-17)26-11-9-25(10-12-26)16-20(27)24-18-5-7-22(8-6-18)30-13-14-31-22/h3-4,15,18H,2,5-14,16H2,1H3,(H,24,27). The fourth-order valence-electron chi connectivity index (χ4n) is 4.51. The zero-order valence-corrected chi connectivity index (χ0v) is 18.2. The van der Waals surface area contributed by atoms with E-state index < -0.39 is 0 Å². The van der Waals surface area contributed by atoms with E-state index in [4.69, 9.17) is 14.2 Å². The van der Waals surface area contributed by atoms with Gasteiger partial charge in [0.2, 0.25) is 5.91 Å². The van der Waals surface area contributed by atoms with E-state index in [2.05, 4.69) is 20.1 Å². The Balaban J connectivity index is 1.18. The maximum Gasteiger partial charge on any atom is 0.339 e. The zero-order valence-electron chi connectivity index (χ0n) is 18.2. The maximum absolute atomic E-state index is 12.5. The highest BCUT2D eigenvalue weighted by molar-refractivity contribution is 5.89. The van der Waals surface area contributed by atoms with E-state index >= 15 is 0 Å². The second-order valence-corrected chi connectivity index (χ2v) is 8.34. The number of piperazine rings is 1. The van der Waals surface area contributed by atoms with Crippen LogP contribution in [-0.4, -0.2) is 86.1 Å². The van der Waals surface area contributed by atoms with Crippen LogP contribution < -0.4 is 10.2 Å². The monoisotopic (exact) mass is 432 g/mol. The van der Waals surface area contributed by atoms with E-state index in [1.807, 2.05) is 6.07 Å². The Bertz CT molecular complexity index is 748. The third kappa shape index (κ3) is 5.53. The van der Waals surface area contributed by atoms with Gasteiger partial charge >= 0.3 is 5.97 Å². The number of hydrogen-bond donors (Lipinski definition) is 1. The molecule has 4 rings (SSSR count). The van der Waals surface area contributed by atoms with Crippen molar-refractivity contribution in [1.82, 2.24) is 15.2 Å². The van der Waals surface area contributed by atoms with E-state index in [0.717, 1.165) is 57.7 Å². The average molecular weight is 433 g/mol. The van der Waals surface area contributed by atoms with Crippen LogP contribution in [0.4, 0.5) is 5.82 Å². The molecule has 2 aliphatic heterocycles. The van der Waals surface area contributed by atoms with Crippen molar-refractivity contribution < 1.29 is 23.8 Å². The number of ether oxygens (including phenoxy) is 3. The van der Waals surface area contributed by atoms with Crippen LogP contribution in [-0.2, 0) is 19.0 Å². The van der Waals surface area contributed by atoms with Gasteiger partial charge in [-0.05, 0) is 31.9 Å². The molecule has 9 nitrogen and oxygen atoms in total. The van der Waals surface area contributed by atoms with Gasteiger partial charge in [-0.3, -0.25) is 9.69 Å². The molecule has 1 amide bonds. The molecule has 3 heterocycles. The molecule has 0 aromatic carbocycles. The largest absolute Gasteiger partial charge is 0.462 e. The molecule has 2 saturated heterocycles. The molecular weight excluding hydrogens is 400 g/mol. The molecule has 1 aliphatic carbocycles. The molecule has 0 unspecified atom stereocenters. The van der Waals surface area contributed by atoms with Gasteiger partial charge in [-0.25, -0.2) is 9.78 Å². The van der Waals surface area contributed by atoms with Crippen LogP contribution >= 0.6 is 0 Å². The number of carbonyl (C=O) groups excluding carboxylic acids is 2. The number of anilines is 1. The summed E-state index contributed by atoms with van der Waals surface area (Å²) in [5.74, 6) is 0.179. The average Bonchev–Trinajstić information content (AvgIpc) is 3.24. The molecule has 0 radical (unpaired) electrons. The lowest BCUT2D eigenvalue weighted by molar-refractivity contribution is -0.180. The lowest BCUT2D eigenvalue weighted by Gasteiger charge is -2.37. The number of pyridine rings is 1. The number of nitrogens with one attached hydrogen (secondary N) is 1. The van der Waals surface area contributed by atoms with Gasteiger partial charge in [0.05, 0.1) is 31.9 Å². The molecule has 9 heteroatoms. The molecule has 31 heavy (non-hydrogen) atoms. The van der Waals surface area contributed by atoms with Crippen molar-refractivity contribution in [2.75, 3.05) is 57.4 Å². The summed E-state index contributed by atoms with van der Waals surface area (Å²) < 4.78 is 16.5. The first-order chi connectivity index (χ1) is 15.1. The van der Waals surface area contributed by atoms with Gasteiger partial charge in [-0.1, -0.05) is 0 Å². The predicted octanol–water partition coefficient (Wildman–Crippen LogP) is 1.18. The summed E-state index contributed by atoms with van der Waals surface area (Å²) >= 11 is 0. The Kier molecular flexibility index (Phi) is 7.04. The Morgan fingerprint density at radius 3 is 2.48 bits per heavy atom. The van der Waals surface area contributed by atoms with E-state index in [0.29, 0.717) is 31.9 Å². The maximum atomic E-state index is 12.5. The predicted molar refractivity (Wildman–Crippen MR) is 114 cm³/mol. The molecular formula is C22H32N4O5. The number of nitrogens with zero attached hydrogens (tertiary/aromatic N) is 3. The van der Waals surface area contributed by atoms with E-state index in [1.54, 1.807) is 19.2 Å². The molecule has 170 valence electrons. The van der Waals surface area contributed by atoms with Gasteiger partial charge in [-0.2, -0.15) is 0 Å². The van der Waals surface area contributed by atoms with Gasteiger partial charge in [-0.15, -0.1) is 0 Å². The molecule has 1 saturated carbocycles. The summed E-state index contributed by atoms with van der Waals surface area (Å²) in [4.78, 5) is 33.0. The minimum atomic E-state index is -0.389. The van der Waals surface area contributed by atoms with E-state index in [1.165, 1.54) is 0 Å². The van der Waals surface area contributed by atoms with Gasteiger partial charge in [0.1, 0.15) is 5.82 Å². The van der Waals surface area contributed by atoms with Crippen LogP contribution in [0.25, 0.3) is 0 Å². The topological polar surface area (TPSA) is 93.2 Å². The van der Waals surface area contributed by atoms with Crippen molar-refractivity contribution in [2.24, 2.45) is 0 Å². The molecule has 1 N–H and O–H groups in total. The summed E-state index contributed by atoms with van der Waals surface area (Å²) in [6.07, 6.45) is 5.04. The highest BCUT2D eigenvalue weighted by atomic mass is 16.7. The Morgan fingerprint density at radius 1 is 1.16 bits per heavy atom. The van der Waals surface area contributed by atoms with Gasteiger partial charge < -0.3 is 24.4 Å². The summed E-state index contributed by atoms with van der Waals surface area (Å²) in [6.45, 7) is 7.07. The fraction of sp³-hybridized carbons (Fsp3) is 0.682. The first-order valence-electron chi connectivity index (χ1n) is 11.2. The Labute approximate surface area is 183 Å². The first-order valence-corrected chi connectivity index (χ1v) is 11.2. The molecule has 3 aliphatic rings. The minimum absolute atomic E-state index is 0.0829. The number of rotatable bonds is 6. The Hall–Kier alpha value is -2.23. The third-order valence-electron chi connectivity index (χ3n) is 6.25. The van der Waals surface area contributed by atoms with Crippen molar-refractivity contribution >= 4 is 17.7 Å². The van der Waals surface area contributed by atoms with Crippen molar-refractivity contribution in [3.8, 4) is 0 Å². The van der Waals surface area contributed by atoms with Crippen molar-refractivity contribution in [2.45, 2.75) is 44.4 Å². The number of hydrogen-bond acceptors (Lipinski definition) is 8. The van der Waals surface area contributed by atoms with Crippen LogP contribution in [0.2, 0.25) is 0 Å². The number of carbonyl (C=O) groups is 2. The second kappa shape index (κ2) is 9.93. The van der Waals surface area contributed by atoms with Crippen LogP contribution in [0.5, 0.6) is 0 Å². The molecule has 1 aromatic heterocycles. The fourth-order valence-corrected chi connectivity index (χ4v) is 4.51. The summed E-state index contributed by atoms with van der Waals surface area (Å²) in [5.41, 5.74) is 0.459. The molecule has 3 fully saturated rings. The van der Waals surface area contributed by atoms with Crippen LogP contribution in [0.3, 0.4) is 0 Å². The second-order valence-electron chi connectivity index (χ2n) is 8.34. The van der Waals surface area contributed by atoms with Gasteiger partial charge in [0.15, 0.2) is 5.79 Å². The summed E-state index contributed by atoms with van der Waals surface area (Å²) in [7, 11) is 0. The lowest BCUT2D eigenvalue weighted by atomic mass is 9.90. The lowest BCUT2D eigenvalue weighted by Crippen LogP contribution is -2.51. The molecule has 1 spiro atoms. The highest BCUT2D eigenvalue weighted by Crippen LogP contribution is 2.35. The number of aromatic nitrogens is 1. The molecule has 1 aromatic rings. The summed E-state index contributed by atoms with van der Waals surface area (Å²) in [6, 6.07) is 3.80. The summed E-state index contributed by atoms with van der Waals surface area (Å²) in [5, 5.41) is 3.18. The zero-order chi connectivity index (χ0) is 21.7. The van der Waals surface area contributed by atoms with Crippen LogP contribution in [0.15, 0.2) is 18.3 Å². The smallest absolute Gasteiger partial charge is 0.339 e. The van der Waals surface area contributed by atoms with Gasteiger partial charge in [0.25, 0.3) is 0 Å². The SMILES string of the molecule is CCOC(=O)c1ccc(N2CCN(CC(=O)NC3CCC4(CC3)OCCO4)CC2)nc1. The van der Waals surface area contributed by atoms with Crippen molar-refractivity contribution in [3.63, 3.8) is 0 Å². The van der Waals surface area contributed by atoms with Crippen LogP contribution in [0, 0.1) is 0 Å². The molecule has 0 bridgehead atoms. The molecule has 0 atom stereocenters.